The second-order valence-electron chi connectivity index (χ2n) is 6.00. The summed E-state index contributed by atoms with van der Waals surface area (Å²) in [6.45, 7) is 9.96. The van der Waals surface area contributed by atoms with E-state index < -0.39 is 0 Å². The van der Waals surface area contributed by atoms with Gasteiger partial charge < -0.3 is 10.2 Å². The first-order chi connectivity index (χ1) is 9.01. The van der Waals surface area contributed by atoms with E-state index in [2.05, 4.69) is 61.1 Å². The molecular formula is C16H27N3. The zero-order valence-corrected chi connectivity index (χ0v) is 12.9. The van der Waals surface area contributed by atoms with Crippen LogP contribution in [-0.2, 0) is 0 Å². The Morgan fingerprint density at radius 3 is 2.37 bits per heavy atom. The van der Waals surface area contributed by atoms with Crippen molar-refractivity contribution in [2.75, 3.05) is 38.6 Å². The fourth-order valence-corrected chi connectivity index (χ4v) is 3.14. The third-order valence-corrected chi connectivity index (χ3v) is 4.09. The highest BCUT2D eigenvalue weighted by Crippen LogP contribution is 2.24. The summed E-state index contributed by atoms with van der Waals surface area (Å²) in [5, 5.41) is 3.31. The molecule has 0 aromatic heterocycles. The van der Waals surface area contributed by atoms with Gasteiger partial charge in [0.25, 0.3) is 0 Å². The first-order valence-corrected chi connectivity index (χ1v) is 7.21. The molecule has 2 unspecified atom stereocenters. The summed E-state index contributed by atoms with van der Waals surface area (Å²) in [4.78, 5) is 5.03. The Bertz CT molecular complexity index is 410. The summed E-state index contributed by atoms with van der Waals surface area (Å²) < 4.78 is 0. The molecule has 1 aromatic carbocycles. The number of rotatable bonds is 3. The number of nitrogens with one attached hydrogen (secondary N) is 1. The molecule has 1 N–H and O–H groups in total. The molecule has 0 bridgehead atoms. The van der Waals surface area contributed by atoms with Gasteiger partial charge in [-0.15, -0.1) is 0 Å². The molecule has 1 aliphatic rings. The molecule has 1 saturated heterocycles. The Morgan fingerprint density at radius 2 is 1.79 bits per heavy atom. The van der Waals surface area contributed by atoms with Crippen LogP contribution in [0, 0.1) is 13.8 Å². The predicted octanol–water partition coefficient (Wildman–Crippen LogP) is 2.03. The Labute approximate surface area is 117 Å². The molecule has 1 aliphatic heterocycles. The van der Waals surface area contributed by atoms with E-state index in [1.807, 2.05) is 7.05 Å². The summed E-state index contributed by atoms with van der Waals surface area (Å²) in [6, 6.07) is 8.02. The Hall–Kier alpha value is -1.06. The van der Waals surface area contributed by atoms with Crippen molar-refractivity contribution >= 4 is 5.69 Å². The summed E-state index contributed by atoms with van der Waals surface area (Å²) in [5.74, 6) is 0. The van der Waals surface area contributed by atoms with Crippen LogP contribution < -0.4 is 10.2 Å². The van der Waals surface area contributed by atoms with Crippen LogP contribution in [0.25, 0.3) is 0 Å². The first-order valence-electron chi connectivity index (χ1n) is 7.21. The maximum Gasteiger partial charge on any atom is 0.0393 e. The van der Waals surface area contributed by atoms with Crippen LogP contribution in [0.1, 0.15) is 18.1 Å². The van der Waals surface area contributed by atoms with E-state index in [9.17, 15) is 0 Å². The summed E-state index contributed by atoms with van der Waals surface area (Å²) >= 11 is 0. The molecule has 0 spiro atoms. The van der Waals surface area contributed by atoms with Crippen LogP contribution in [0.3, 0.4) is 0 Å². The van der Waals surface area contributed by atoms with Gasteiger partial charge in [0.15, 0.2) is 0 Å². The van der Waals surface area contributed by atoms with Crippen molar-refractivity contribution < 1.29 is 0 Å². The molecule has 0 amide bonds. The largest absolute Gasteiger partial charge is 0.366 e. The van der Waals surface area contributed by atoms with E-state index in [-0.39, 0.29) is 0 Å². The topological polar surface area (TPSA) is 18.5 Å². The minimum atomic E-state index is 0.569. The van der Waals surface area contributed by atoms with Crippen molar-refractivity contribution in [1.29, 1.82) is 0 Å². The number of aryl methyl sites for hydroxylation is 2. The van der Waals surface area contributed by atoms with Crippen molar-refractivity contribution in [3.8, 4) is 0 Å². The summed E-state index contributed by atoms with van der Waals surface area (Å²) in [6.07, 6.45) is 0. The average molecular weight is 261 g/mol. The number of hydrogen-bond donors (Lipinski definition) is 1. The van der Waals surface area contributed by atoms with E-state index in [0.717, 1.165) is 19.6 Å². The number of anilines is 1. The van der Waals surface area contributed by atoms with Gasteiger partial charge in [0.05, 0.1) is 0 Å². The van der Waals surface area contributed by atoms with Crippen molar-refractivity contribution in [2.45, 2.75) is 32.9 Å². The molecule has 19 heavy (non-hydrogen) atoms. The van der Waals surface area contributed by atoms with Crippen molar-refractivity contribution in [3.63, 3.8) is 0 Å². The van der Waals surface area contributed by atoms with E-state index in [0.29, 0.717) is 12.1 Å². The monoisotopic (exact) mass is 261 g/mol. The molecule has 0 aliphatic carbocycles. The van der Waals surface area contributed by atoms with Gasteiger partial charge in [-0.2, -0.15) is 0 Å². The third kappa shape index (κ3) is 3.28. The van der Waals surface area contributed by atoms with Crippen LogP contribution in [0.2, 0.25) is 0 Å². The fourth-order valence-electron chi connectivity index (χ4n) is 3.14. The third-order valence-electron chi connectivity index (χ3n) is 4.09. The molecule has 0 radical (unpaired) electrons. The number of likely N-dealkylation sites (N-methyl/N-ethyl adjacent to an activating group) is 2. The molecule has 2 rings (SSSR count). The van der Waals surface area contributed by atoms with Gasteiger partial charge in [0.2, 0.25) is 0 Å². The standard InChI is InChI=1S/C16H27N3/c1-12-6-13(2)8-15(7-12)19-11-16(9-17-4)18(5)10-14(19)3/h6-8,14,16-17H,9-11H2,1-5H3. The maximum absolute atomic E-state index is 3.31. The zero-order valence-electron chi connectivity index (χ0n) is 12.9. The molecule has 1 fully saturated rings. The highest BCUT2D eigenvalue weighted by Gasteiger charge is 2.29. The summed E-state index contributed by atoms with van der Waals surface area (Å²) in [5.41, 5.74) is 4.08. The van der Waals surface area contributed by atoms with Crippen LogP contribution >= 0.6 is 0 Å². The molecule has 2 atom stereocenters. The second-order valence-corrected chi connectivity index (χ2v) is 6.00. The van der Waals surface area contributed by atoms with Crippen LogP contribution in [0.15, 0.2) is 18.2 Å². The maximum atomic E-state index is 3.31. The molecule has 3 heteroatoms. The van der Waals surface area contributed by atoms with Crippen molar-refractivity contribution in [3.05, 3.63) is 29.3 Å². The normalized spacial score (nSPS) is 24.8. The lowest BCUT2D eigenvalue weighted by molar-refractivity contribution is 0.190. The van der Waals surface area contributed by atoms with Crippen LogP contribution in [-0.4, -0.2) is 50.7 Å². The minimum absolute atomic E-state index is 0.569. The lowest BCUT2D eigenvalue weighted by Gasteiger charge is -2.45. The van der Waals surface area contributed by atoms with Crippen LogP contribution in [0.4, 0.5) is 5.69 Å². The molecular weight excluding hydrogens is 234 g/mol. The van der Waals surface area contributed by atoms with E-state index in [4.69, 9.17) is 0 Å². The number of benzene rings is 1. The van der Waals surface area contributed by atoms with Gasteiger partial charge in [0, 0.05) is 37.4 Å². The average Bonchev–Trinajstić information content (AvgIpc) is 2.31. The lowest BCUT2D eigenvalue weighted by atomic mass is 10.0. The van der Waals surface area contributed by atoms with E-state index in [1.54, 1.807) is 0 Å². The molecule has 0 saturated carbocycles. The van der Waals surface area contributed by atoms with Gasteiger partial charge in [-0.25, -0.2) is 0 Å². The smallest absolute Gasteiger partial charge is 0.0393 e. The quantitative estimate of drug-likeness (QED) is 0.898. The highest BCUT2D eigenvalue weighted by atomic mass is 15.3. The second kappa shape index (κ2) is 5.93. The molecule has 106 valence electrons. The van der Waals surface area contributed by atoms with Crippen molar-refractivity contribution in [1.82, 2.24) is 10.2 Å². The van der Waals surface area contributed by atoms with Gasteiger partial charge in [0.1, 0.15) is 0 Å². The predicted molar refractivity (Wildman–Crippen MR) is 83.1 cm³/mol. The van der Waals surface area contributed by atoms with Gasteiger partial charge >= 0.3 is 0 Å². The SMILES string of the molecule is CNCC1CN(c2cc(C)cc(C)c2)C(C)CN1C. The van der Waals surface area contributed by atoms with Crippen LogP contribution in [0.5, 0.6) is 0 Å². The van der Waals surface area contributed by atoms with Gasteiger partial charge in [-0.05, 0) is 58.1 Å². The number of hydrogen-bond acceptors (Lipinski definition) is 3. The van der Waals surface area contributed by atoms with Crippen molar-refractivity contribution in [2.24, 2.45) is 0 Å². The molecule has 1 aromatic rings. The van der Waals surface area contributed by atoms with Gasteiger partial charge in [-0.3, -0.25) is 4.90 Å². The number of piperazine rings is 1. The lowest BCUT2D eigenvalue weighted by Crippen LogP contribution is -2.58. The molecule has 3 nitrogen and oxygen atoms in total. The zero-order chi connectivity index (χ0) is 14.0. The van der Waals surface area contributed by atoms with E-state index >= 15 is 0 Å². The fraction of sp³-hybridized carbons (Fsp3) is 0.625. The Morgan fingerprint density at radius 1 is 1.16 bits per heavy atom. The van der Waals surface area contributed by atoms with E-state index in [1.165, 1.54) is 16.8 Å². The Balaban J connectivity index is 2.22. The number of nitrogens with zero attached hydrogens (tertiary/aromatic N) is 2. The minimum Gasteiger partial charge on any atom is -0.366 e. The van der Waals surface area contributed by atoms with Gasteiger partial charge in [-0.1, -0.05) is 6.07 Å². The first kappa shape index (κ1) is 14.4. The summed E-state index contributed by atoms with van der Waals surface area (Å²) in [7, 11) is 4.27. The molecule has 1 heterocycles. The highest BCUT2D eigenvalue weighted by molar-refractivity contribution is 5.52. The Kier molecular flexibility index (Phi) is 4.48.